The van der Waals surface area contributed by atoms with Crippen LogP contribution in [0.5, 0.6) is 0 Å². The molecule has 0 saturated carbocycles. The molecular formula is C41H28N8O16S3. The summed E-state index contributed by atoms with van der Waals surface area (Å²) in [4.78, 5) is 75.2. The molecule has 68 heavy (non-hydrogen) atoms. The average molecular weight is 985 g/mol. The number of rotatable bonds is 13. The number of carbonyl (C=O) groups excluding carboxylic acids is 2. The number of nitrogens with two attached hydrogens (primary N) is 1. The summed E-state index contributed by atoms with van der Waals surface area (Å²) in [5, 5.41) is 26.7. The second kappa shape index (κ2) is 16.4. The van der Waals surface area contributed by atoms with E-state index in [9.17, 15) is 73.1 Å². The van der Waals surface area contributed by atoms with Gasteiger partial charge in [-0.15, -0.1) is 0 Å². The van der Waals surface area contributed by atoms with Crippen molar-refractivity contribution in [1.29, 1.82) is 0 Å². The summed E-state index contributed by atoms with van der Waals surface area (Å²) < 4.78 is 107. The number of carboxylic acid groups (broad SMARTS) is 2. The smallest absolute Gasteiger partial charge is 0.335 e. The van der Waals surface area contributed by atoms with Crippen molar-refractivity contribution in [3.05, 3.63) is 135 Å². The van der Waals surface area contributed by atoms with Gasteiger partial charge in [-0.1, -0.05) is 36.4 Å². The molecule has 1 aliphatic carbocycles. The first-order valence-corrected chi connectivity index (χ1v) is 23.2. The van der Waals surface area contributed by atoms with Gasteiger partial charge in [-0.2, -0.15) is 40.2 Å². The van der Waals surface area contributed by atoms with E-state index in [2.05, 4.69) is 30.9 Å². The van der Waals surface area contributed by atoms with Crippen molar-refractivity contribution in [3.63, 3.8) is 0 Å². The number of hydrogen-bond acceptors (Lipinski definition) is 18. The van der Waals surface area contributed by atoms with E-state index in [4.69, 9.17) is 5.73 Å². The van der Waals surface area contributed by atoms with Gasteiger partial charge in [0.2, 0.25) is 17.8 Å². The average Bonchev–Trinajstić information content (AvgIpc) is 3.25. The Hall–Kier alpha value is -8.47. The molecule has 2 aromatic heterocycles. The fourth-order valence-corrected chi connectivity index (χ4v) is 9.37. The van der Waals surface area contributed by atoms with Crippen molar-refractivity contribution < 1.29 is 68.3 Å². The van der Waals surface area contributed by atoms with Crippen LogP contribution in [-0.4, -0.2) is 92.1 Å². The summed E-state index contributed by atoms with van der Waals surface area (Å²) in [6.07, 6.45) is 0. The van der Waals surface area contributed by atoms with Gasteiger partial charge in [0.15, 0.2) is 11.6 Å². The van der Waals surface area contributed by atoms with Crippen LogP contribution in [0.1, 0.15) is 52.6 Å². The lowest BCUT2D eigenvalue weighted by atomic mass is 9.80. The van der Waals surface area contributed by atoms with E-state index in [1.54, 1.807) is 0 Å². The number of fused-ring (bicyclic) bond motifs is 2. The number of carbonyl (C=O) groups is 4. The third-order valence-electron chi connectivity index (χ3n) is 10.3. The van der Waals surface area contributed by atoms with Gasteiger partial charge in [0.1, 0.15) is 9.79 Å². The number of anilines is 7. The fourth-order valence-electron chi connectivity index (χ4n) is 7.46. The number of benzene rings is 5. The first kappa shape index (κ1) is 46.1. The Kier molecular flexibility index (Phi) is 11.1. The van der Waals surface area contributed by atoms with Crippen molar-refractivity contribution >= 4 is 105 Å². The van der Waals surface area contributed by atoms with E-state index in [-0.39, 0.29) is 50.1 Å². The minimum Gasteiger partial charge on any atom is -0.478 e. The summed E-state index contributed by atoms with van der Waals surface area (Å²) >= 11 is 0. The number of nitrogens with one attached hydrogen (secondary N) is 3. The number of hydrogen-bond donors (Lipinski definition) is 9. The zero-order valence-electron chi connectivity index (χ0n) is 34.0. The van der Waals surface area contributed by atoms with Crippen molar-refractivity contribution in [3.8, 4) is 11.1 Å². The lowest BCUT2D eigenvalue weighted by Crippen LogP contribution is -2.29. The number of nitrogens with zero attached hydrogens (tertiary/aromatic N) is 4. The number of aromatic nitrogens is 4. The molecule has 0 amide bonds. The molecule has 0 fully saturated rings. The highest BCUT2D eigenvalue weighted by molar-refractivity contribution is 7.87. The maximum Gasteiger partial charge on any atom is 0.335 e. The van der Waals surface area contributed by atoms with Crippen LogP contribution >= 0.6 is 0 Å². The molecule has 0 aliphatic heterocycles. The van der Waals surface area contributed by atoms with E-state index < -0.39 is 120 Å². The molecule has 346 valence electrons. The van der Waals surface area contributed by atoms with Gasteiger partial charge in [0.25, 0.3) is 35.9 Å². The van der Waals surface area contributed by atoms with Gasteiger partial charge in [0.05, 0.1) is 49.7 Å². The van der Waals surface area contributed by atoms with Crippen molar-refractivity contribution in [1.82, 2.24) is 19.5 Å². The van der Waals surface area contributed by atoms with E-state index in [1.807, 2.05) is 0 Å². The van der Waals surface area contributed by atoms with Gasteiger partial charge in [-0.05, 0) is 60.2 Å². The molecule has 0 atom stereocenters. The minimum atomic E-state index is -5.44. The number of aryl methyl sites for hydroxylation is 1. The molecule has 8 rings (SSSR count). The molecule has 0 saturated heterocycles. The molecule has 10 N–H and O–H groups in total. The predicted molar refractivity (Wildman–Crippen MR) is 238 cm³/mol. The Balaban J connectivity index is 1.31. The van der Waals surface area contributed by atoms with E-state index >= 15 is 0 Å². The third kappa shape index (κ3) is 8.45. The number of nitrogen functional groups attached to an aromatic ring is 1. The molecule has 7 aromatic rings. The molecule has 0 bridgehead atoms. The number of aromatic carboxylic acids is 2. The summed E-state index contributed by atoms with van der Waals surface area (Å²) in [5.74, 6) is -6.37. The topological polar surface area (TPSA) is 395 Å². The first-order chi connectivity index (χ1) is 31.8. The highest BCUT2D eigenvalue weighted by Gasteiger charge is 2.35. The van der Waals surface area contributed by atoms with Gasteiger partial charge in [0, 0.05) is 34.8 Å². The van der Waals surface area contributed by atoms with Gasteiger partial charge in [-0.25, -0.2) is 9.59 Å². The largest absolute Gasteiger partial charge is 0.478 e. The quantitative estimate of drug-likeness (QED) is 0.0579. The SMILES string of the molecule is Cn1c(=O)c(C(=O)c2cccc(S(=O)(=O)O)c2)c2c3c(c(Nc4cc(Nc5nc(N)nc(Nc6cc(C(=O)O)cc(C(=O)O)c6)n5)c(S(=O)(=O)O)cc4S(=O)(=O)O)ccc31)C(=O)c1ccccc1-2. The van der Waals surface area contributed by atoms with Crippen molar-refractivity contribution in [2.45, 2.75) is 14.7 Å². The lowest BCUT2D eigenvalue weighted by molar-refractivity contribution is 0.0696. The summed E-state index contributed by atoms with van der Waals surface area (Å²) in [5.41, 5.74) is 1.19. The van der Waals surface area contributed by atoms with Gasteiger partial charge >= 0.3 is 11.9 Å². The Morgan fingerprint density at radius 1 is 0.603 bits per heavy atom. The minimum absolute atomic E-state index is 0.0403. The molecule has 0 radical (unpaired) electrons. The maximum absolute atomic E-state index is 14.6. The molecule has 0 spiro atoms. The Bertz CT molecular complexity index is 3830. The zero-order valence-corrected chi connectivity index (χ0v) is 36.4. The lowest BCUT2D eigenvalue weighted by Gasteiger charge is -2.26. The van der Waals surface area contributed by atoms with Crippen LogP contribution in [0.4, 0.5) is 40.6 Å². The van der Waals surface area contributed by atoms with Gasteiger partial charge in [-0.3, -0.25) is 28.0 Å². The molecular weight excluding hydrogens is 957 g/mol. The first-order valence-electron chi connectivity index (χ1n) is 18.8. The molecule has 0 unspecified atom stereocenters. The highest BCUT2D eigenvalue weighted by atomic mass is 32.2. The highest BCUT2D eigenvalue weighted by Crippen LogP contribution is 2.45. The molecule has 24 nitrogen and oxygen atoms in total. The van der Waals surface area contributed by atoms with Crippen LogP contribution in [0.25, 0.3) is 22.0 Å². The second-order valence-electron chi connectivity index (χ2n) is 14.6. The number of carboxylic acids is 2. The maximum atomic E-state index is 14.6. The van der Waals surface area contributed by atoms with Crippen LogP contribution in [-0.2, 0) is 37.4 Å². The number of ketones is 2. The second-order valence-corrected chi connectivity index (χ2v) is 18.8. The Labute approximate surface area is 381 Å². The fraction of sp³-hybridized carbons (Fsp3) is 0.0244. The summed E-state index contributed by atoms with van der Waals surface area (Å²) in [7, 11) is -14.4. The monoisotopic (exact) mass is 984 g/mol. The third-order valence-corrected chi connectivity index (χ3v) is 13.0. The Morgan fingerprint density at radius 2 is 1.19 bits per heavy atom. The van der Waals surface area contributed by atoms with Crippen LogP contribution in [0.15, 0.2) is 110 Å². The van der Waals surface area contributed by atoms with Crippen molar-refractivity contribution in [2.75, 3.05) is 21.7 Å². The van der Waals surface area contributed by atoms with Crippen LogP contribution < -0.4 is 27.2 Å². The van der Waals surface area contributed by atoms with E-state index in [0.717, 1.165) is 47.0 Å². The Morgan fingerprint density at radius 3 is 1.78 bits per heavy atom. The zero-order chi connectivity index (χ0) is 49.4. The van der Waals surface area contributed by atoms with Crippen molar-refractivity contribution in [2.24, 2.45) is 7.05 Å². The molecule has 2 heterocycles. The number of pyridine rings is 1. The van der Waals surface area contributed by atoms with Crippen LogP contribution in [0.3, 0.4) is 0 Å². The standard InChI is InChI=1S/C41H28N8O16S3/c1-49-27-10-9-24(31-32(27)30(22-7-2-3-8-23(22)35(31)51)33(36(49)52)34(50)17-5-4-6-21(14-17)66(57,58)59)44-25-15-26(29(68(63,64)65)16-28(25)67(60,61)62)45-41-47-39(42)46-40(48-41)43-20-12-18(37(53)54)11-19(13-20)38(55)56/h2-16,44H,1H3,(H,53,54)(H,55,56)(H,57,58,59)(H,60,61,62)(H,63,64,65)(H4,42,43,45,46,47,48). The normalized spacial score (nSPS) is 12.3. The molecule has 1 aliphatic rings. The van der Waals surface area contributed by atoms with E-state index in [0.29, 0.717) is 6.07 Å². The van der Waals surface area contributed by atoms with Gasteiger partial charge < -0.3 is 36.5 Å². The van der Waals surface area contributed by atoms with E-state index in [1.165, 1.54) is 49.5 Å². The summed E-state index contributed by atoms with van der Waals surface area (Å²) in [6.45, 7) is 0. The van der Waals surface area contributed by atoms with Crippen LogP contribution in [0.2, 0.25) is 0 Å². The molecule has 27 heteroatoms. The summed E-state index contributed by atoms with van der Waals surface area (Å²) in [6, 6.07) is 16.6. The predicted octanol–water partition coefficient (Wildman–Crippen LogP) is 4.12. The molecule has 5 aromatic carbocycles. The van der Waals surface area contributed by atoms with Crippen LogP contribution in [0, 0.1) is 0 Å².